The number of ether oxygens (including phenoxy) is 3. The summed E-state index contributed by atoms with van der Waals surface area (Å²) in [6, 6.07) is 21.3. The molecule has 3 unspecified atom stereocenters. The zero-order chi connectivity index (χ0) is 17.5. The Balaban J connectivity index is 1.51. The van der Waals surface area contributed by atoms with Gasteiger partial charge in [-0.05, 0) is 11.1 Å². The highest BCUT2D eigenvalue weighted by atomic mass is 16.7. The molecule has 0 saturated carbocycles. The molecule has 5 heteroatoms. The van der Waals surface area contributed by atoms with E-state index in [9.17, 15) is 10.4 Å². The zero-order valence-corrected chi connectivity index (χ0v) is 13.9. The molecule has 130 valence electrons. The Kier molecular flexibility index (Phi) is 5.79. The summed E-state index contributed by atoms with van der Waals surface area (Å²) in [6.45, 7) is 1.07. The molecule has 0 spiro atoms. The molecule has 1 aliphatic rings. The van der Waals surface area contributed by atoms with Crippen molar-refractivity contribution in [2.24, 2.45) is 0 Å². The van der Waals surface area contributed by atoms with Crippen molar-refractivity contribution in [3.8, 4) is 6.07 Å². The Labute approximate surface area is 147 Å². The summed E-state index contributed by atoms with van der Waals surface area (Å²) >= 11 is 0. The number of hydrogen-bond donors (Lipinski definition) is 1. The van der Waals surface area contributed by atoms with Crippen molar-refractivity contribution in [2.45, 2.75) is 37.6 Å². The minimum Gasteiger partial charge on any atom is -0.374 e. The van der Waals surface area contributed by atoms with Gasteiger partial charge in [-0.2, -0.15) is 5.26 Å². The Bertz CT molecular complexity index is 701. The largest absolute Gasteiger partial charge is 0.374 e. The van der Waals surface area contributed by atoms with Crippen molar-refractivity contribution >= 4 is 0 Å². The Hall–Kier alpha value is -2.23. The molecule has 0 amide bonds. The molecule has 2 aromatic rings. The highest BCUT2D eigenvalue weighted by Crippen LogP contribution is 2.31. The van der Waals surface area contributed by atoms with E-state index in [1.807, 2.05) is 66.7 Å². The van der Waals surface area contributed by atoms with Crippen molar-refractivity contribution in [3.63, 3.8) is 0 Å². The zero-order valence-electron chi connectivity index (χ0n) is 13.9. The number of aliphatic hydroxyl groups is 1. The fraction of sp³-hybridized carbons (Fsp3) is 0.350. The lowest BCUT2D eigenvalue weighted by molar-refractivity contribution is -0.204. The Morgan fingerprint density at radius 2 is 1.64 bits per heavy atom. The van der Waals surface area contributed by atoms with Crippen LogP contribution in [0.5, 0.6) is 0 Å². The van der Waals surface area contributed by atoms with Crippen molar-refractivity contribution in [1.29, 1.82) is 5.26 Å². The summed E-state index contributed by atoms with van der Waals surface area (Å²) in [5, 5.41) is 19.6. The second kappa shape index (κ2) is 8.24. The van der Waals surface area contributed by atoms with Crippen LogP contribution in [0.4, 0.5) is 0 Å². The number of hydrogen-bond acceptors (Lipinski definition) is 5. The number of nitrogens with zero attached hydrogens (tertiary/aromatic N) is 1. The molecule has 0 bridgehead atoms. The molecule has 1 saturated heterocycles. The third kappa shape index (κ3) is 4.65. The minimum atomic E-state index is -1.93. The molecule has 25 heavy (non-hydrogen) atoms. The van der Waals surface area contributed by atoms with E-state index in [4.69, 9.17) is 14.2 Å². The van der Waals surface area contributed by atoms with Crippen LogP contribution in [0.1, 0.15) is 17.5 Å². The lowest BCUT2D eigenvalue weighted by Crippen LogP contribution is -2.39. The fourth-order valence-corrected chi connectivity index (χ4v) is 2.81. The van der Waals surface area contributed by atoms with Crippen molar-refractivity contribution in [3.05, 3.63) is 71.8 Å². The predicted octanol–water partition coefficient (Wildman–Crippen LogP) is 2.79. The second-order valence-electron chi connectivity index (χ2n) is 6.07. The van der Waals surface area contributed by atoms with Crippen LogP contribution < -0.4 is 0 Å². The van der Waals surface area contributed by atoms with Gasteiger partial charge < -0.3 is 19.3 Å². The van der Waals surface area contributed by atoms with Crippen molar-refractivity contribution in [2.75, 3.05) is 6.61 Å². The van der Waals surface area contributed by atoms with Crippen LogP contribution in [0.15, 0.2) is 60.7 Å². The lowest BCUT2D eigenvalue weighted by atomic mass is 10.1. The number of nitriles is 1. The third-order valence-corrected chi connectivity index (χ3v) is 4.13. The van der Waals surface area contributed by atoms with Crippen LogP contribution in [-0.2, 0) is 27.4 Å². The normalized spacial score (nSPS) is 25.6. The fourth-order valence-electron chi connectivity index (χ4n) is 2.81. The molecule has 1 heterocycles. The highest BCUT2D eigenvalue weighted by molar-refractivity contribution is 5.14. The summed E-state index contributed by atoms with van der Waals surface area (Å²) in [7, 11) is 0. The molecule has 5 nitrogen and oxygen atoms in total. The van der Waals surface area contributed by atoms with Crippen LogP contribution in [0.2, 0.25) is 0 Å². The monoisotopic (exact) mass is 339 g/mol. The van der Waals surface area contributed by atoms with Gasteiger partial charge in [0, 0.05) is 6.42 Å². The van der Waals surface area contributed by atoms with Crippen LogP contribution >= 0.6 is 0 Å². The van der Waals surface area contributed by atoms with Gasteiger partial charge in [-0.15, -0.1) is 0 Å². The van der Waals surface area contributed by atoms with Crippen molar-refractivity contribution in [1.82, 2.24) is 0 Å². The molecule has 3 rings (SSSR count). The van der Waals surface area contributed by atoms with Gasteiger partial charge in [0.2, 0.25) is 0 Å². The van der Waals surface area contributed by atoms with Crippen molar-refractivity contribution < 1.29 is 19.3 Å². The molecule has 3 atom stereocenters. The van der Waals surface area contributed by atoms with E-state index in [-0.39, 0.29) is 6.10 Å². The molecular formula is C20H21NO4. The predicted molar refractivity (Wildman–Crippen MR) is 91.2 cm³/mol. The third-order valence-electron chi connectivity index (χ3n) is 4.13. The van der Waals surface area contributed by atoms with Gasteiger partial charge in [0.25, 0.3) is 5.79 Å². The number of rotatable bonds is 7. The first-order valence-electron chi connectivity index (χ1n) is 8.28. The maximum Gasteiger partial charge on any atom is 0.284 e. The second-order valence-corrected chi connectivity index (χ2v) is 6.07. The Morgan fingerprint density at radius 3 is 2.24 bits per heavy atom. The molecular weight excluding hydrogens is 318 g/mol. The van der Waals surface area contributed by atoms with E-state index in [2.05, 4.69) is 0 Å². The van der Waals surface area contributed by atoms with Crippen LogP contribution in [0.3, 0.4) is 0 Å². The van der Waals surface area contributed by atoms with Gasteiger partial charge in [0.05, 0.1) is 25.9 Å². The van der Waals surface area contributed by atoms with Gasteiger partial charge in [0.15, 0.2) is 0 Å². The Morgan fingerprint density at radius 1 is 1.04 bits per heavy atom. The maximum absolute atomic E-state index is 10.4. The summed E-state index contributed by atoms with van der Waals surface area (Å²) in [5.74, 6) is -1.93. The lowest BCUT2D eigenvalue weighted by Gasteiger charge is -2.21. The van der Waals surface area contributed by atoms with E-state index in [0.29, 0.717) is 26.2 Å². The van der Waals surface area contributed by atoms with Crippen LogP contribution in [0, 0.1) is 11.3 Å². The summed E-state index contributed by atoms with van der Waals surface area (Å²) in [4.78, 5) is 0. The standard InChI is InChI=1S/C20H21NO4/c21-15-20(22)19(24-13-17-9-5-2-6-10-17)11-18(25-20)14-23-12-16-7-3-1-4-8-16/h1-10,18-19,22H,11-14H2. The van der Waals surface area contributed by atoms with E-state index >= 15 is 0 Å². The quantitative estimate of drug-likeness (QED) is 0.786. The van der Waals surface area contributed by atoms with Gasteiger partial charge >= 0.3 is 0 Å². The SMILES string of the molecule is N#CC1(O)OC(COCc2ccccc2)CC1OCc1ccccc1. The van der Waals surface area contributed by atoms with E-state index in [1.54, 1.807) is 0 Å². The van der Waals surface area contributed by atoms with E-state index in [0.717, 1.165) is 11.1 Å². The molecule has 1 N–H and O–H groups in total. The molecule has 0 aromatic heterocycles. The molecule has 1 fully saturated rings. The van der Waals surface area contributed by atoms with E-state index < -0.39 is 11.9 Å². The van der Waals surface area contributed by atoms with Gasteiger partial charge in [-0.25, -0.2) is 0 Å². The summed E-state index contributed by atoms with van der Waals surface area (Å²) < 4.78 is 16.9. The summed E-state index contributed by atoms with van der Waals surface area (Å²) in [6.07, 6.45) is -0.678. The highest BCUT2D eigenvalue weighted by Gasteiger charge is 2.49. The number of benzene rings is 2. The first-order valence-corrected chi connectivity index (χ1v) is 8.28. The first kappa shape index (κ1) is 17.6. The minimum absolute atomic E-state index is 0.296. The van der Waals surface area contributed by atoms with Crippen LogP contribution in [-0.4, -0.2) is 29.7 Å². The topological polar surface area (TPSA) is 71.7 Å². The average Bonchev–Trinajstić information content (AvgIpc) is 2.98. The van der Waals surface area contributed by atoms with Gasteiger partial charge in [-0.3, -0.25) is 0 Å². The van der Waals surface area contributed by atoms with Gasteiger partial charge in [-0.1, -0.05) is 60.7 Å². The molecule has 1 aliphatic heterocycles. The molecule has 0 radical (unpaired) electrons. The maximum atomic E-state index is 10.4. The van der Waals surface area contributed by atoms with Crippen LogP contribution in [0.25, 0.3) is 0 Å². The summed E-state index contributed by atoms with van der Waals surface area (Å²) in [5.41, 5.74) is 2.04. The average molecular weight is 339 g/mol. The smallest absolute Gasteiger partial charge is 0.284 e. The molecule has 0 aliphatic carbocycles. The first-order chi connectivity index (χ1) is 12.2. The van der Waals surface area contributed by atoms with E-state index in [1.165, 1.54) is 0 Å². The van der Waals surface area contributed by atoms with Gasteiger partial charge in [0.1, 0.15) is 12.2 Å². The molecule has 2 aromatic carbocycles.